The molecule has 5 nitrogen and oxygen atoms in total. The molecule has 2 rings (SSSR count). The van der Waals surface area contributed by atoms with E-state index in [2.05, 4.69) is 42.2 Å². The van der Waals surface area contributed by atoms with Crippen molar-refractivity contribution in [2.45, 2.75) is 32.2 Å². The molecule has 1 N–H and O–H groups in total. The van der Waals surface area contributed by atoms with Crippen molar-refractivity contribution >= 4 is 5.91 Å². The van der Waals surface area contributed by atoms with E-state index in [1.165, 1.54) is 0 Å². The van der Waals surface area contributed by atoms with Gasteiger partial charge in [0.1, 0.15) is 5.75 Å². The summed E-state index contributed by atoms with van der Waals surface area (Å²) < 4.78 is 5.77. The van der Waals surface area contributed by atoms with Crippen LogP contribution in [0.2, 0.25) is 0 Å². The topological polar surface area (TPSA) is 44.8 Å². The maximum atomic E-state index is 12.2. The summed E-state index contributed by atoms with van der Waals surface area (Å²) in [6.07, 6.45) is 2.36. The van der Waals surface area contributed by atoms with Crippen LogP contribution in [0, 0.1) is 0 Å². The number of hydrogen-bond acceptors (Lipinski definition) is 4. The number of hydrogen-bond donors (Lipinski definition) is 1. The number of benzene rings is 1. The summed E-state index contributed by atoms with van der Waals surface area (Å²) >= 11 is 0. The Morgan fingerprint density at radius 3 is 2.88 bits per heavy atom. The normalized spacial score (nSPS) is 19.2. The minimum absolute atomic E-state index is 0.133. The van der Waals surface area contributed by atoms with Crippen LogP contribution in [0.15, 0.2) is 24.3 Å². The van der Waals surface area contributed by atoms with Crippen molar-refractivity contribution in [3.8, 4) is 5.75 Å². The summed E-state index contributed by atoms with van der Waals surface area (Å²) in [5.41, 5.74) is 1.15. The molecule has 0 spiro atoms. The van der Waals surface area contributed by atoms with Crippen LogP contribution in [0.1, 0.15) is 25.3 Å². The molecule has 0 bridgehead atoms. The quantitative estimate of drug-likeness (QED) is 0.787. The average molecular weight is 333 g/mol. The Morgan fingerprint density at radius 1 is 1.29 bits per heavy atom. The van der Waals surface area contributed by atoms with Crippen LogP contribution >= 0.6 is 0 Å². The molecule has 1 atom stereocenters. The van der Waals surface area contributed by atoms with Gasteiger partial charge in [0.25, 0.3) is 0 Å². The Hall–Kier alpha value is -1.59. The van der Waals surface area contributed by atoms with E-state index < -0.39 is 0 Å². The smallest absolute Gasteiger partial charge is 0.221 e. The highest BCUT2D eigenvalue weighted by atomic mass is 16.5. The van der Waals surface area contributed by atoms with Crippen LogP contribution < -0.4 is 10.1 Å². The maximum Gasteiger partial charge on any atom is 0.221 e. The molecule has 1 aliphatic rings. The fourth-order valence-electron chi connectivity index (χ4n) is 3.01. The fourth-order valence-corrected chi connectivity index (χ4v) is 3.01. The van der Waals surface area contributed by atoms with Crippen molar-refractivity contribution in [1.82, 2.24) is 15.1 Å². The van der Waals surface area contributed by atoms with E-state index in [9.17, 15) is 4.79 Å². The van der Waals surface area contributed by atoms with Gasteiger partial charge in [-0.15, -0.1) is 0 Å². The molecule has 1 aliphatic heterocycles. The molecule has 1 fully saturated rings. The number of carbonyl (C=O) groups excluding carboxylic acids is 1. The van der Waals surface area contributed by atoms with Crippen LogP contribution in [0.5, 0.6) is 5.75 Å². The summed E-state index contributed by atoms with van der Waals surface area (Å²) in [6.45, 7) is 6.53. The Labute approximate surface area is 146 Å². The predicted octanol–water partition coefficient (Wildman–Crippen LogP) is 1.77. The molecule has 1 aromatic rings. The third kappa shape index (κ3) is 5.80. The molecule has 5 heteroatoms. The van der Waals surface area contributed by atoms with Gasteiger partial charge in [0.05, 0.1) is 6.61 Å². The van der Waals surface area contributed by atoms with Gasteiger partial charge in [0, 0.05) is 38.6 Å². The van der Waals surface area contributed by atoms with E-state index in [-0.39, 0.29) is 5.91 Å². The zero-order valence-corrected chi connectivity index (χ0v) is 15.3. The predicted molar refractivity (Wildman–Crippen MR) is 97.5 cm³/mol. The number of likely N-dealkylation sites (N-methyl/N-ethyl adjacent to an activating group) is 2. The molecule has 0 aliphatic carbocycles. The van der Waals surface area contributed by atoms with Crippen LogP contribution in [0.4, 0.5) is 0 Å². The largest absolute Gasteiger partial charge is 0.493 e. The molecular formula is C19H31N3O2. The van der Waals surface area contributed by atoms with Gasteiger partial charge in [-0.3, -0.25) is 4.79 Å². The van der Waals surface area contributed by atoms with Crippen LogP contribution in [-0.2, 0) is 11.2 Å². The summed E-state index contributed by atoms with van der Waals surface area (Å²) in [5, 5.41) is 3.06. The number of ether oxygens (including phenoxy) is 1. The lowest BCUT2D eigenvalue weighted by Crippen LogP contribution is -2.51. The van der Waals surface area contributed by atoms with Gasteiger partial charge in [-0.1, -0.05) is 25.1 Å². The molecule has 1 aromatic carbocycles. The van der Waals surface area contributed by atoms with Crippen molar-refractivity contribution in [2.75, 3.05) is 46.9 Å². The van der Waals surface area contributed by atoms with Crippen LogP contribution in [-0.4, -0.2) is 68.6 Å². The lowest BCUT2D eigenvalue weighted by atomic mass is 10.1. The van der Waals surface area contributed by atoms with Crippen molar-refractivity contribution in [1.29, 1.82) is 0 Å². The third-order valence-electron chi connectivity index (χ3n) is 4.55. The molecule has 1 heterocycles. The van der Waals surface area contributed by atoms with Gasteiger partial charge in [0.2, 0.25) is 5.91 Å². The van der Waals surface area contributed by atoms with E-state index >= 15 is 0 Å². The standard InChI is InChI=1S/C19H31N3O2/c1-4-13-24-18-8-6-5-7-16(18)9-10-20-19(23)14-17-15-21(2)11-12-22(17)3/h5-8,17H,4,9-15H2,1-3H3,(H,20,23). The van der Waals surface area contributed by atoms with Gasteiger partial charge in [-0.25, -0.2) is 0 Å². The molecule has 0 aromatic heterocycles. The number of carbonyl (C=O) groups is 1. The molecule has 1 saturated heterocycles. The summed E-state index contributed by atoms with van der Waals surface area (Å²) in [5.74, 6) is 1.07. The molecular weight excluding hydrogens is 302 g/mol. The van der Waals surface area contributed by atoms with Crippen molar-refractivity contribution in [3.63, 3.8) is 0 Å². The van der Waals surface area contributed by atoms with Gasteiger partial charge >= 0.3 is 0 Å². The van der Waals surface area contributed by atoms with E-state index in [0.717, 1.165) is 50.4 Å². The lowest BCUT2D eigenvalue weighted by Gasteiger charge is -2.37. The molecule has 1 unspecified atom stereocenters. The maximum absolute atomic E-state index is 12.2. The van der Waals surface area contributed by atoms with Gasteiger partial charge in [-0.2, -0.15) is 0 Å². The van der Waals surface area contributed by atoms with Crippen molar-refractivity contribution in [3.05, 3.63) is 29.8 Å². The summed E-state index contributed by atoms with van der Waals surface area (Å²) in [4.78, 5) is 16.8. The minimum atomic E-state index is 0.133. The second kappa shape index (κ2) is 9.64. The van der Waals surface area contributed by atoms with Crippen molar-refractivity contribution < 1.29 is 9.53 Å². The zero-order valence-electron chi connectivity index (χ0n) is 15.3. The fraction of sp³-hybridized carbons (Fsp3) is 0.632. The second-order valence-electron chi connectivity index (χ2n) is 6.66. The summed E-state index contributed by atoms with van der Waals surface area (Å²) in [7, 11) is 4.22. The SMILES string of the molecule is CCCOc1ccccc1CCNC(=O)CC1CN(C)CCN1C. The highest BCUT2D eigenvalue weighted by Crippen LogP contribution is 2.18. The second-order valence-corrected chi connectivity index (χ2v) is 6.66. The first kappa shape index (κ1) is 18.7. The number of amides is 1. The number of nitrogens with one attached hydrogen (secondary N) is 1. The lowest BCUT2D eigenvalue weighted by molar-refractivity contribution is -0.122. The van der Waals surface area contributed by atoms with Crippen LogP contribution in [0.25, 0.3) is 0 Å². The van der Waals surface area contributed by atoms with E-state index in [1.807, 2.05) is 18.2 Å². The molecule has 0 saturated carbocycles. The Balaban J connectivity index is 1.76. The van der Waals surface area contributed by atoms with E-state index in [1.54, 1.807) is 0 Å². The Morgan fingerprint density at radius 2 is 2.08 bits per heavy atom. The number of rotatable bonds is 8. The van der Waals surface area contributed by atoms with Gasteiger partial charge in [-0.05, 0) is 38.6 Å². The number of nitrogens with zero attached hydrogens (tertiary/aromatic N) is 2. The molecule has 1 amide bonds. The minimum Gasteiger partial charge on any atom is -0.493 e. The van der Waals surface area contributed by atoms with E-state index in [0.29, 0.717) is 19.0 Å². The first-order valence-electron chi connectivity index (χ1n) is 8.96. The first-order chi connectivity index (χ1) is 11.6. The highest BCUT2D eigenvalue weighted by Gasteiger charge is 2.24. The Kier molecular flexibility index (Phi) is 7.53. The highest BCUT2D eigenvalue weighted by molar-refractivity contribution is 5.76. The van der Waals surface area contributed by atoms with Gasteiger partial charge < -0.3 is 19.9 Å². The zero-order chi connectivity index (χ0) is 17.4. The molecule has 134 valence electrons. The van der Waals surface area contributed by atoms with Crippen molar-refractivity contribution in [2.24, 2.45) is 0 Å². The summed E-state index contributed by atoms with van der Waals surface area (Å²) in [6, 6.07) is 8.38. The molecule has 0 radical (unpaired) electrons. The van der Waals surface area contributed by atoms with Crippen LogP contribution in [0.3, 0.4) is 0 Å². The molecule has 24 heavy (non-hydrogen) atoms. The van der Waals surface area contributed by atoms with E-state index in [4.69, 9.17) is 4.74 Å². The van der Waals surface area contributed by atoms with Gasteiger partial charge in [0.15, 0.2) is 0 Å². The average Bonchev–Trinajstić information content (AvgIpc) is 2.57. The Bertz CT molecular complexity index is 521. The first-order valence-corrected chi connectivity index (χ1v) is 8.96. The monoisotopic (exact) mass is 333 g/mol. The third-order valence-corrected chi connectivity index (χ3v) is 4.55. The number of para-hydroxylation sites is 1. The number of piperazine rings is 1.